The zero-order valence-electron chi connectivity index (χ0n) is 23.3. The normalized spacial score (nSPS) is 12.0. The highest BCUT2D eigenvalue weighted by Crippen LogP contribution is 2.38. The molecule has 0 bridgehead atoms. The number of benzene rings is 6. The molecule has 6 aromatic carbocycles. The van der Waals surface area contributed by atoms with Crippen molar-refractivity contribution in [2.75, 3.05) is 0 Å². The third kappa shape index (κ3) is 3.82. The molecule has 0 amide bonds. The fourth-order valence-corrected chi connectivity index (χ4v) is 6.71. The molecule has 2 heterocycles. The SMILES string of the molecule is CC(C)Cc1cc(-c2nccc3c2ccc2c4ccccc4ccc32)cc(-n2c3ccccc3c3ccccc32)c1. The van der Waals surface area contributed by atoms with Crippen LogP contribution in [0.3, 0.4) is 0 Å². The maximum atomic E-state index is 5.00. The van der Waals surface area contributed by atoms with Gasteiger partial charge in [0.2, 0.25) is 0 Å². The Morgan fingerprint density at radius 2 is 1.17 bits per heavy atom. The van der Waals surface area contributed by atoms with E-state index in [-0.39, 0.29) is 0 Å². The molecule has 2 heteroatoms. The molecular weight excluding hydrogens is 496 g/mol. The van der Waals surface area contributed by atoms with Gasteiger partial charge < -0.3 is 4.57 Å². The minimum absolute atomic E-state index is 0.550. The van der Waals surface area contributed by atoms with Crippen LogP contribution in [0.15, 0.2) is 128 Å². The Morgan fingerprint density at radius 1 is 0.561 bits per heavy atom. The van der Waals surface area contributed by atoms with Crippen molar-refractivity contribution in [2.45, 2.75) is 20.3 Å². The Hall–Kier alpha value is -4.95. The van der Waals surface area contributed by atoms with Crippen LogP contribution >= 0.6 is 0 Å². The Morgan fingerprint density at radius 3 is 1.93 bits per heavy atom. The molecule has 0 fully saturated rings. The lowest BCUT2D eigenvalue weighted by Crippen LogP contribution is -2.00. The lowest BCUT2D eigenvalue weighted by Gasteiger charge is -2.16. The van der Waals surface area contributed by atoms with Gasteiger partial charge in [0.15, 0.2) is 0 Å². The molecule has 8 rings (SSSR count). The minimum atomic E-state index is 0.550. The van der Waals surface area contributed by atoms with Gasteiger partial charge in [-0.3, -0.25) is 4.98 Å². The zero-order chi connectivity index (χ0) is 27.5. The van der Waals surface area contributed by atoms with E-state index in [1.807, 2.05) is 6.20 Å². The first-order valence-electron chi connectivity index (χ1n) is 14.5. The summed E-state index contributed by atoms with van der Waals surface area (Å²) in [6.07, 6.45) is 2.99. The third-order valence-corrected chi connectivity index (χ3v) is 8.40. The molecule has 2 nitrogen and oxygen atoms in total. The highest BCUT2D eigenvalue weighted by atomic mass is 15.0. The highest BCUT2D eigenvalue weighted by Gasteiger charge is 2.16. The van der Waals surface area contributed by atoms with Gasteiger partial charge in [0, 0.05) is 33.6 Å². The van der Waals surface area contributed by atoms with Gasteiger partial charge in [0.05, 0.1) is 16.7 Å². The van der Waals surface area contributed by atoms with E-state index in [1.54, 1.807) is 0 Å². The Bertz CT molecular complexity index is 2220. The van der Waals surface area contributed by atoms with Crippen LogP contribution in [0.2, 0.25) is 0 Å². The summed E-state index contributed by atoms with van der Waals surface area (Å²) in [7, 11) is 0. The number of nitrogens with zero attached hydrogens (tertiary/aromatic N) is 2. The Kier molecular flexibility index (Phi) is 5.43. The Balaban J connectivity index is 1.41. The van der Waals surface area contributed by atoms with Crippen molar-refractivity contribution in [1.29, 1.82) is 0 Å². The van der Waals surface area contributed by atoms with Gasteiger partial charge in [0.1, 0.15) is 0 Å². The van der Waals surface area contributed by atoms with E-state index in [0.717, 1.165) is 17.7 Å². The van der Waals surface area contributed by atoms with E-state index in [0.29, 0.717) is 5.92 Å². The van der Waals surface area contributed by atoms with E-state index in [9.17, 15) is 0 Å². The first-order chi connectivity index (χ1) is 20.2. The molecule has 0 aliphatic carbocycles. The molecule has 0 spiro atoms. The van der Waals surface area contributed by atoms with Crippen LogP contribution in [0.4, 0.5) is 0 Å². The summed E-state index contributed by atoms with van der Waals surface area (Å²) in [6, 6.07) is 44.4. The van der Waals surface area contributed by atoms with Gasteiger partial charge in [-0.1, -0.05) is 98.8 Å². The number of rotatable bonds is 4. The lowest BCUT2D eigenvalue weighted by atomic mass is 9.94. The molecule has 41 heavy (non-hydrogen) atoms. The van der Waals surface area contributed by atoms with Gasteiger partial charge in [-0.05, 0) is 81.2 Å². The third-order valence-electron chi connectivity index (χ3n) is 8.40. The molecule has 0 atom stereocenters. The molecule has 196 valence electrons. The van der Waals surface area contributed by atoms with Crippen molar-refractivity contribution in [1.82, 2.24) is 9.55 Å². The number of para-hydroxylation sites is 2. The second-order valence-corrected chi connectivity index (χ2v) is 11.6. The fraction of sp³-hybridized carbons (Fsp3) is 0.103. The van der Waals surface area contributed by atoms with Crippen LogP contribution in [-0.4, -0.2) is 9.55 Å². The second kappa shape index (κ2) is 9.31. The maximum absolute atomic E-state index is 5.00. The fourth-order valence-electron chi connectivity index (χ4n) is 6.71. The first kappa shape index (κ1) is 23.9. The largest absolute Gasteiger partial charge is 0.309 e. The lowest BCUT2D eigenvalue weighted by molar-refractivity contribution is 0.647. The molecular formula is C39H30N2. The Labute approximate surface area is 239 Å². The quantitative estimate of drug-likeness (QED) is 0.209. The number of pyridine rings is 1. The van der Waals surface area contributed by atoms with Crippen LogP contribution in [0.1, 0.15) is 19.4 Å². The molecule has 0 radical (unpaired) electrons. The van der Waals surface area contributed by atoms with Crippen molar-refractivity contribution in [3.63, 3.8) is 0 Å². The number of fused-ring (bicyclic) bond motifs is 8. The second-order valence-electron chi connectivity index (χ2n) is 11.6. The summed E-state index contributed by atoms with van der Waals surface area (Å²) < 4.78 is 2.42. The van der Waals surface area contributed by atoms with Crippen LogP contribution < -0.4 is 0 Å². The number of hydrogen-bond donors (Lipinski definition) is 0. The summed E-state index contributed by atoms with van der Waals surface area (Å²) in [5, 5.41) is 10.1. The highest BCUT2D eigenvalue weighted by molar-refractivity contribution is 6.19. The molecule has 0 saturated carbocycles. The molecule has 0 aliphatic heterocycles. The standard InChI is InChI=1S/C39H30N2/c1-25(2)21-26-22-28(24-29(23-26)41-37-13-7-5-11-34(37)35-12-6-8-14-38(35)41)39-36-18-17-31-30-10-4-3-9-27(30)15-16-32(31)33(36)19-20-40-39/h3-20,22-25H,21H2,1-2H3. The van der Waals surface area contributed by atoms with Crippen LogP contribution in [-0.2, 0) is 6.42 Å². The van der Waals surface area contributed by atoms with Crippen molar-refractivity contribution < 1.29 is 0 Å². The molecule has 2 aromatic heterocycles. The first-order valence-corrected chi connectivity index (χ1v) is 14.5. The summed E-state index contributed by atoms with van der Waals surface area (Å²) >= 11 is 0. The van der Waals surface area contributed by atoms with Crippen LogP contribution in [0.25, 0.3) is 71.1 Å². The summed E-state index contributed by atoms with van der Waals surface area (Å²) in [5.41, 5.74) is 7.16. The van der Waals surface area contributed by atoms with Gasteiger partial charge >= 0.3 is 0 Å². The smallest absolute Gasteiger partial charge is 0.0781 e. The van der Waals surface area contributed by atoms with Gasteiger partial charge in [-0.25, -0.2) is 0 Å². The van der Waals surface area contributed by atoms with Crippen molar-refractivity contribution in [3.05, 3.63) is 133 Å². The van der Waals surface area contributed by atoms with E-state index < -0.39 is 0 Å². The van der Waals surface area contributed by atoms with E-state index in [4.69, 9.17) is 4.98 Å². The van der Waals surface area contributed by atoms with Gasteiger partial charge in [-0.15, -0.1) is 0 Å². The number of hydrogen-bond acceptors (Lipinski definition) is 1. The maximum Gasteiger partial charge on any atom is 0.0781 e. The van der Waals surface area contributed by atoms with Crippen LogP contribution in [0.5, 0.6) is 0 Å². The van der Waals surface area contributed by atoms with Crippen molar-refractivity contribution in [2.24, 2.45) is 5.92 Å². The topological polar surface area (TPSA) is 17.8 Å². The van der Waals surface area contributed by atoms with E-state index >= 15 is 0 Å². The predicted molar refractivity (Wildman–Crippen MR) is 175 cm³/mol. The van der Waals surface area contributed by atoms with Gasteiger partial charge in [-0.2, -0.15) is 0 Å². The van der Waals surface area contributed by atoms with Gasteiger partial charge in [0.25, 0.3) is 0 Å². The minimum Gasteiger partial charge on any atom is -0.309 e. The summed E-state index contributed by atoms with van der Waals surface area (Å²) in [4.78, 5) is 5.00. The zero-order valence-corrected chi connectivity index (χ0v) is 23.3. The monoisotopic (exact) mass is 526 g/mol. The number of aromatic nitrogens is 2. The molecule has 0 N–H and O–H groups in total. The van der Waals surface area contributed by atoms with E-state index in [2.05, 4.69) is 140 Å². The van der Waals surface area contributed by atoms with Crippen molar-refractivity contribution in [3.8, 4) is 16.9 Å². The average Bonchev–Trinajstić information content (AvgIpc) is 3.34. The predicted octanol–water partition coefficient (Wildman–Crippen LogP) is 10.5. The van der Waals surface area contributed by atoms with E-state index in [1.165, 1.54) is 65.4 Å². The summed E-state index contributed by atoms with van der Waals surface area (Å²) in [5.74, 6) is 0.550. The summed E-state index contributed by atoms with van der Waals surface area (Å²) in [6.45, 7) is 4.58. The molecule has 0 saturated heterocycles. The van der Waals surface area contributed by atoms with Crippen LogP contribution in [0, 0.1) is 5.92 Å². The molecule has 0 unspecified atom stereocenters. The molecule has 8 aromatic rings. The average molecular weight is 527 g/mol. The van der Waals surface area contributed by atoms with Crippen molar-refractivity contribution >= 4 is 54.1 Å². The molecule has 0 aliphatic rings.